The third kappa shape index (κ3) is 19.9. The number of carbonyl (C=O) groups excluding carboxylic acids is 1. The predicted octanol–water partition coefficient (Wildman–Crippen LogP) is 5.39. The maximum absolute atomic E-state index is 10.2. The minimum absolute atomic E-state index is 0. The quantitative estimate of drug-likeness (QED) is 0.220. The molecule has 3 nitrogen and oxygen atoms in total. The summed E-state index contributed by atoms with van der Waals surface area (Å²) in [5.74, 6) is 0. The van der Waals surface area contributed by atoms with Crippen molar-refractivity contribution >= 4 is 18.7 Å². The summed E-state index contributed by atoms with van der Waals surface area (Å²) in [4.78, 5) is 10.2. The van der Waals surface area contributed by atoms with Gasteiger partial charge in [-0.3, -0.25) is 0 Å². The van der Waals surface area contributed by atoms with Crippen molar-refractivity contribution in [2.45, 2.75) is 103 Å². The van der Waals surface area contributed by atoms with Gasteiger partial charge in [0.1, 0.15) is 12.5 Å². The van der Waals surface area contributed by atoms with Gasteiger partial charge in [-0.15, -0.1) is 12.4 Å². The van der Waals surface area contributed by atoms with Crippen LogP contribution in [0.4, 0.5) is 0 Å². The van der Waals surface area contributed by atoms with Crippen LogP contribution in [0.25, 0.3) is 0 Å². The first kappa shape index (κ1) is 24.1. The fourth-order valence-electron chi connectivity index (χ4n) is 2.48. The Morgan fingerprint density at radius 1 is 0.864 bits per heavy atom. The van der Waals surface area contributed by atoms with E-state index in [2.05, 4.69) is 6.92 Å². The van der Waals surface area contributed by atoms with Gasteiger partial charge >= 0.3 is 0 Å². The van der Waals surface area contributed by atoms with Gasteiger partial charge in [0.05, 0.1) is 0 Å². The highest BCUT2D eigenvalue weighted by molar-refractivity contribution is 5.85. The monoisotopic (exact) mass is 335 g/mol. The van der Waals surface area contributed by atoms with E-state index in [1.165, 1.54) is 57.8 Å². The topological polar surface area (TPSA) is 52.3 Å². The van der Waals surface area contributed by atoms with Crippen LogP contribution >= 0.6 is 12.4 Å². The molecule has 0 saturated carbocycles. The van der Waals surface area contributed by atoms with Crippen molar-refractivity contribution < 1.29 is 9.53 Å². The number of hydrogen-bond donors (Lipinski definition) is 1. The molecule has 0 aliphatic carbocycles. The molecule has 0 aromatic heterocycles. The molecule has 0 amide bonds. The normalized spacial score (nSPS) is 11.9. The van der Waals surface area contributed by atoms with E-state index in [1.54, 1.807) is 0 Å². The summed E-state index contributed by atoms with van der Waals surface area (Å²) in [5, 5.41) is 0. The molecular formula is C18H38ClNO2. The van der Waals surface area contributed by atoms with E-state index in [0.29, 0.717) is 6.42 Å². The maximum Gasteiger partial charge on any atom is 0.119 e. The SMILES string of the molecule is CCCCCCCCCCCCOC(N)CCCCC=O.Cl. The minimum atomic E-state index is -0.143. The predicted molar refractivity (Wildman–Crippen MR) is 97.6 cm³/mol. The van der Waals surface area contributed by atoms with Crippen molar-refractivity contribution in [3.8, 4) is 0 Å². The van der Waals surface area contributed by atoms with E-state index in [9.17, 15) is 4.79 Å². The summed E-state index contributed by atoms with van der Waals surface area (Å²) in [6.45, 7) is 3.05. The number of ether oxygens (including phenoxy) is 1. The highest BCUT2D eigenvalue weighted by Gasteiger charge is 2.01. The second-order valence-electron chi connectivity index (χ2n) is 6.04. The van der Waals surface area contributed by atoms with E-state index in [4.69, 9.17) is 10.5 Å². The summed E-state index contributed by atoms with van der Waals surface area (Å²) in [6, 6.07) is 0. The van der Waals surface area contributed by atoms with Crippen molar-refractivity contribution in [3.63, 3.8) is 0 Å². The lowest BCUT2D eigenvalue weighted by atomic mass is 10.1. The number of rotatable bonds is 17. The van der Waals surface area contributed by atoms with Gasteiger partial charge in [0.15, 0.2) is 0 Å². The van der Waals surface area contributed by atoms with Gasteiger partial charge in [0.2, 0.25) is 0 Å². The molecule has 1 unspecified atom stereocenters. The van der Waals surface area contributed by atoms with Gasteiger partial charge < -0.3 is 15.3 Å². The summed E-state index contributed by atoms with van der Waals surface area (Å²) < 4.78 is 5.58. The van der Waals surface area contributed by atoms with Crippen molar-refractivity contribution in [1.82, 2.24) is 0 Å². The molecule has 0 fully saturated rings. The van der Waals surface area contributed by atoms with Gasteiger partial charge in [-0.25, -0.2) is 0 Å². The van der Waals surface area contributed by atoms with E-state index < -0.39 is 0 Å². The van der Waals surface area contributed by atoms with Crippen LogP contribution in [-0.2, 0) is 9.53 Å². The summed E-state index contributed by atoms with van der Waals surface area (Å²) in [7, 11) is 0. The largest absolute Gasteiger partial charge is 0.364 e. The zero-order valence-electron chi connectivity index (χ0n) is 14.6. The van der Waals surface area contributed by atoms with Gasteiger partial charge in [0, 0.05) is 13.0 Å². The van der Waals surface area contributed by atoms with Crippen molar-refractivity contribution in [2.75, 3.05) is 6.61 Å². The van der Waals surface area contributed by atoms with Crippen molar-refractivity contribution in [1.29, 1.82) is 0 Å². The first-order valence-corrected chi connectivity index (χ1v) is 9.12. The van der Waals surface area contributed by atoms with E-state index in [-0.39, 0.29) is 18.6 Å². The fourth-order valence-corrected chi connectivity index (χ4v) is 2.48. The molecule has 0 bridgehead atoms. The van der Waals surface area contributed by atoms with Crippen molar-refractivity contribution in [2.24, 2.45) is 5.73 Å². The molecule has 0 rings (SSSR count). The first-order valence-electron chi connectivity index (χ1n) is 9.12. The molecule has 2 N–H and O–H groups in total. The highest BCUT2D eigenvalue weighted by atomic mass is 35.5. The molecule has 0 saturated heterocycles. The minimum Gasteiger partial charge on any atom is -0.364 e. The summed E-state index contributed by atoms with van der Waals surface area (Å²) in [5.41, 5.74) is 5.87. The summed E-state index contributed by atoms with van der Waals surface area (Å²) >= 11 is 0. The Balaban J connectivity index is 0. The molecule has 4 heteroatoms. The van der Waals surface area contributed by atoms with Gasteiger partial charge in [-0.05, 0) is 25.7 Å². The molecule has 22 heavy (non-hydrogen) atoms. The molecule has 0 radical (unpaired) electrons. The fraction of sp³-hybridized carbons (Fsp3) is 0.944. The lowest BCUT2D eigenvalue weighted by Crippen LogP contribution is -2.24. The number of halogens is 1. The van der Waals surface area contributed by atoms with Crippen LogP contribution < -0.4 is 5.73 Å². The van der Waals surface area contributed by atoms with Crippen LogP contribution in [0.2, 0.25) is 0 Å². The third-order valence-corrected chi connectivity index (χ3v) is 3.89. The molecule has 0 heterocycles. The number of aldehydes is 1. The third-order valence-electron chi connectivity index (χ3n) is 3.89. The lowest BCUT2D eigenvalue weighted by Gasteiger charge is -2.12. The molecule has 134 valence electrons. The average molecular weight is 336 g/mol. The van der Waals surface area contributed by atoms with Crippen LogP contribution in [0.1, 0.15) is 96.8 Å². The van der Waals surface area contributed by atoms with Crippen LogP contribution in [0.15, 0.2) is 0 Å². The Bertz CT molecular complexity index is 215. The zero-order valence-corrected chi connectivity index (χ0v) is 15.4. The summed E-state index contributed by atoms with van der Waals surface area (Å²) in [6.07, 6.45) is 17.7. The number of unbranched alkanes of at least 4 members (excludes halogenated alkanes) is 11. The Morgan fingerprint density at radius 3 is 1.95 bits per heavy atom. The number of carbonyl (C=O) groups is 1. The molecular weight excluding hydrogens is 298 g/mol. The van der Waals surface area contributed by atoms with Gasteiger partial charge in [0.25, 0.3) is 0 Å². The number of nitrogens with two attached hydrogens (primary N) is 1. The van der Waals surface area contributed by atoms with E-state index in [0.717, 1.165) is 38.6 Å². The lowest BCUT2D eigenvalue weighted by molar-refractivity contribution is -0.108. The Hall–Kier alpha value is -0.120. The molecule has 0 aromatic carbocycles. The number of hydrogen-bond acceptors (Lipinski definition) is 3. The molecule has 0 aliphatic heterocycles. The standard InChI is InChI=1S/C18H37NO2.ClH/c1-2-3-4-5-6-7-8-9-10-14-17-21-18(19)15-12-11-13-16-20;/h16,18H,2-15,17,19H2,1H3;1H. The Labute approximate surface area is 144 Å². The van der Waals surface area contributed by atoms with E-state index in [1.807, 2.05) is 0 Å². The van der Waals surface area contributed by atoms with Gasteiger partial charge in [-0.2, -0.15) is 0 Å². The van der Waals surface area contributed by atoms with Crippen LogP contribution in [-0.4, -0.2) is 19.1 Å². The van der Waals surface area contributed by atoms with Crippen molar-refractivity contribution in [3.05, 3.63) is 0 Å². The second kappa shape index (κ2) is 20.9. The van der Waals surface area contributed by atoms with Crippen LogP contribution in [0, 0.1) is 0 Å². The Morgan fingerprint density at radius 2 is 1.41 bits per heavy atom. The molecule has 0 aromatic rings. The molecule has 1 atom stereocenters. The Kier molecular flexibility index (Phi) is 22.9. The van der Waals surface area contributed by atoms with Crippen LogP contribution in [0.5, 0.6) is 0 Å². The first-order chi connectivity index (χ1) is 10.3. The molecule has 0 aliphatic rings. The molecule has 0 spiro atoms. The van der Waals surface area contributed by atoms with E-state index >= 15 is 0 Å². The average Bonchev–Trinajstić information content (AvgIpc) is 2.49. The zero-order chi connectivity index (χ0) is 15.6. The maximum atomic E-state index is 10.2. The highest BCUT2D eigenvalue weighted by Crippen LogP contribution is 2.11. The van der Waals surface area contributed by atoms with Gasteiger partial charge in [-0.1, -0.05) is 64.7 Å². The smallest absolute Gasteiger partial charge is 0.119 e. The van der Waals surface area contributed by atoms with Crippen LogP contribution in [0.3, 0.4) is 0 Å². The second-order valence-corrected chi connectivity index (χ2v) is 6.04.